The minimum atomic E-state index is -1.06. The molecule has 1 unspecified atom stereocenters. The number of ether oxygens (including phenoxy) is 1. The second-order valence-corrected chi connectivity index (χ2v) is 5.37. The lowest BCUT2D eigenvalue weighted by Gasteiger charge is -2.26. The molecule has 100 valence electrons. The van der Waals surface area contributed by atoms with Crippen LogP contribution in [0.15, 0.2) is 53.0 Å². The van der Waals surface area contributed by atoms with Crippen LogP contribution >= 0.6 is 15.9 Å². The van der Waals surface area contributed by atoms with E-state index in [1.54, 1.807) is 6.92 Å². The molecule has 1 atom stereocenters. The molecule has 0 fully saturated rings. The van der Waals surface area contributed by atoms with Crippen molar-refractivity contribution in [1.29, 1.82) is 0 Å². The summed E-state index contributed by atoms with van der Waals surface area (Å²) in [5.41, 5.74) is 0.585. The maximum Gasteiger partial charge on any atom is 0.119 e. The van der Waals surface area contributed by atoms with Gasteiger partial charge in [0, 0.05) is 10.0 Å². The molecule has 0 saturated heterocycles. The van der Waals surface area contributed by atoms with Crippen molar-refractivity contribution >= 4 is 15.9 Å². The molecule has 2 nitrogen and oxygen atoms in total. The van der Waals surface area contributed by atoms with Crippen molar-refractivity contribution in [2.75, 3.05) is 6.61 Å². The van der Waals surface area contributed by atoms with Crippen molar-refractivity contribution in [3.63, 3.8) is 0 Å². The van der Waals surface area contributed by atoms with Gasteiger partial charge >= 0.3 is 0 Å². The van der Waals surface area contributed by atoms with Gasteiger partial charge in [-0.25, -0.2) is 0 Å². The summed E-state index contributed by atoms with van der Waals surface area (Å²) < 4.78 is 6.38. The summed E-state index contributed by atoms with van der Waals surface area (Å²) in [4.78, 5) is 0. The Kier molecular flexibility index (Phi) is 4.27. The van der Waals surface area contributed by atoms with E-state index in [1.807, 2.05) is 55.5 Å². The summed E-state index contributed by atoms with van der Waals surface area (Å²) >= 11 is 3.49. The van der Waals surface area contributed by atoms with E-state index >= 15 is 0 Å². The van der Waals surface area contributed by atoms with Crippen LogP contribution in [0.5, 0.6) is 5.75 Å². The molecule has 0 aromatic heterocycles. The van der Waals surface area contributed by atoms with Gasteiger partial charge in [0.2, 0.25) is 0 Å². The number of rotatable bonds is 4. The molecule has 2 rings (SSSR count). The van der Waals surface area contributed by atoms with Crippen LogP contribution in [0, 0.1) is 0 Å². The molecule has 2 aromatic rings. The summed E-state index contributed by atoms with van der Waals surface area (Å²) in [6.07, 6.45) is 0. The van der Waals surface area contributed by atoms with E-state index in [0.29, 0.717) is 6.61 Å². The van der Waals surface area contributed by atoms with Gasteiger partial charge in [0.15, 0.2) is 0 Å². The topological polar surface area (TPSA) is 29.5 Å². The number of aliphatic hydroxyl groups is 1. The van der Waals surface area contributed by atoms with Crippen LogP contribution in [0.4, 0.5) is 0 Å². The predicted molar refractivity (Wildman–Crippen MR) is 80.4 cm³/mol. The predicted octanol–water partition coefficient (Wildman–Crippen LogP) is 4.10. The zero-order valence-corrected chi connectivity index (χ0v) is 12.6. The third kappa shape index (κ3) is 2.99. The molecule has 0 aliphatic heterocycles. The fourth-order valence-corrected chi connectivity index (χ4v) is 2.74. The van der Waals surface area contributed by atoms with Crippen molar-refractivity contribution in [3.05, 3.63) is 64.1 Å². The summed E-state index contributed by atoms with van der Waals surface area (Å²) in [7, 11) is 0. The average molecular weight is 321 g/mol. The first-order chi connectivity index (χ1) is 9.05. The number of hydrogen-bond donors (Lipinski definition) is 1. The molecule has 0 spiro atoms. The molecule has 1 N–H and O–H groups in total. The molecular formula is C16H17BrO2. The molecule has 0 heterocycles. The highest BCUT2D eigenvalue weighted by Crippen LogP contribution is 2.35. The zero-order valence-electron chi connectivity index (χ0n) is 11.1. The Morgan fingerprint density at radius 2 is 1.89 bits per heavy atom. The molecule has 0 aliphatic carbocycles. The summed E-state index contributed by atoms with van der Waals surface area (Å²) in [6, 6.07) is 15.3. The molecule has 0 amide bonds. The second-order valence-electron chi connectivity index (χ2n) is 4.51. The fraction of sp³-hybridized carbons (Fsp3) is 0.250. The van der Waals surface area contributed by atoms with E-state index in [-0.39, 0.29) is 0 Å². The van der Waals surface area contributed by atoms with E-state index in [4.69, 9.17) is 4.74 Å². The third-order valence-electron chi connectivity index (χ3n) is 3.11. The first kappa shape index (κ1) is 14.1. The van der Waals surface area contributed by atoms with Crippen LogP contribution in [0.25, 0.3) is 0 Å². The first-order valence-corrected chi connectivity index (χ1v) is 7.05. The Labute approximate surface area is 122 Å². The van der Waals surface area contributed by atoms with Crippen molar-refractivity contribution in [2.45, 2.75) is 19.4 Å². The van der Waals surface area contributed by atoms with Crippen LogP contribution in [0.2, 0.25) is 0 Å². The van der Waals surface area contributed by atoms with Gasteiger partial charge in [0.1, 0.15) is 11.4 Å². The van der Waals surface area contributed by atoms with E-state index in [9.17, 15) is 5.11 Å². The molecule has 0 bridgehead atoms. The highest BCUT2D eigenvalue weighted by atomic mass is 79.9. The van der Waals surface area contributed by atoms with E-state index in [1.165, 1.54) is 0 Å². The minimum absolute atomic E-state index is 0.612. The lowest BCUT2D eigenvalue weighted by molar-refractivity contribution is 0.101. The van der Waals surface area contributed by atoms with Crippen LogP contribution in [-0.2, 0) is 5.60 Å². The van der Waals surface area contributed by atoms with Crippen LogP contribution < -0.4 is 4.74 Å². The van der Waals surface area contributed by atoms with Gasteiger partial charge in [-0.2, -0.15) is 0 Å². The minimum Gasteiger partial charge on any atom is -0.494 e. The van der Waals surface area contributed by atoms with Gasteiger partial charge < -0.3 is 9.84 Å². The van der Waals surface area contributed by atoms with Crippen molar-refractivity contribution in [1.82, 2.24) is 0 Å². The van der Waals surface area contributed by atoms with Gasteiger partial charge in [-0.05, 0) is 37.6 Å². The molecular weight excluding hydrogens is 304 g/mol. The maximum absolute atomic E-state index is 10.8. The van der Waals surface area contributed by atoms with Gasteiger partial charge in [-0.3, -0.25) is 0 Å². The smallest absolute Gasteiger partial charge is 0.119 e. The van der Waals surface area contributed by atoms with Gasteiger partial charge in [0.05, 0.1) is 6.61 Å². The highest BCUT2D eigenvalue weighted by molar-refractivity contribution is 9.10. The van der Waals surface area contributed by atoms with Gasteiger partial charge in [-0.1, -0.05) is 46.3 Å². The van der Waals surface area contributed by atoms with Crippen LogP contribution in [0.3, 0.4) is 0 Å². The Hall–Kier alpha value is -1.32. The first-order valence-electron chi connectivity index (χ1n) is 6.26. The van der Waals surface area contributed by atoms with Gasteiger partial charge in [0.25, 0.3) is 0 Å². The number of halogens is 1. The van der Waals surface area contributed by atoms with Crippen LogP contribution in [-0.4, -0.2) is 11.7 Å². The Balaban J connectivity index is 2.44. The summed E-state index contributed by atoms with van der Waals surface area (Å²) in [5.74, 6) is 0.771. The van der Waals surface area contributed by atoms with Crippen molar-refractivity contribution in [3.8, 4) is 5.75 Å². The van der Waals surface area contributed by atoms with Crippen molar-refractivity contribution in [2.24, 2.45) is 0 Å². The lowest BCUT2D eigenvalue weighted by Crippen LogP contribution is -2.23. The molecule has 2 aromatic carbocycles. The normalized spacial score (nSPS) is 13.9. The molecule has 19 heavy (non-hydrogen) atoms. The second kappa shape index (κ2) is 5.76. The van der Waals surface area contributed by atoms with Crippen LogP contribution in [0.1, 0.15) is 25.0 Å². The monoisotopic (exact) mass is 320 g/mol. The highest BCUT2D eigenvalue weighted by Gasteiger charge is 2.27. The molecule has 0 saturated carbocycles. The molecule has 0 aliphatic rings. The fourth-order valence-electron chi connectivity index (χ4n) is 2.07. The SMILES string of the molecule is CCOc1cccc(C(C)(O)c2ccccc2Br)c1. The van der Waals surface area contributed by atoms with Gasteiger partial charge in [-0.15, -0.1) is 0 Å². The Bertz CT molecular complexity index is 564. The molecule has 0 radical (unpaired) electrons. The maximum atomic E-state index is 10.8. The van der Waals surface area contributed by atoms with E-state index < -0.39 is 5.60 Å². The number of benzene rings is 2. The standard InChI is InChI=1S/C16H17BrO2/c1-3-19-13-8-6-7-12(11-13)16(2,18)14-9-4-5-10-15(14)17/h4-11,18H,3H2,1-2H3. The zero-order chi connectivity index (χ0) is 13.9. The lowest BCUT2D eigenvalue weighted by atomic mass is 9.88. The quantitative estimate of drug-likeness (QED) is 0.918. The molecule has 3 heteroatoms. The Morgan fingerprint density at radius 1 is 1.16 bits per heavy atom. The number of hydrogen-bond acceptors (Lipinski definition) is 2. The van der Waals surface area contributed by atoms with E-state index in [0.717, 1.165) is 21.3 Å². The average Bonchev–Trinajstić information content (AvgIpc) is 2.40. The largest absolute Gasteiger partial charge is 0.494 e. The van der Waals surface area contributed by atoms with E-state index in [2.05, 4.69) is 15.9 Å². The summed E-state index contributed by atoms with van der Waals surface area (Å²) in [5, 5.41) is 10.8. The Morgan fingerprint density at radius 3 is 2.58 bits per heavy atom. The summed E-state index contributed by atoms with van der Waals surface area (Å²) in [6.45, 7) is 4.34. The third-order valence-corrected chi connectivity index (χ3v) is 3.80. The van der Waals surface area contributed by atoms with Crippen molar-refractivity contribution < 1.29 is 9.84 Å².